The summed E-state index contributed by atoms with van der Waals surface area (Å²) in [6.45, 7) is 4.71. The summed E-state index contributed by atoms with van der Waals surface area (Å²) in [6, 6.07) is 8.26. The van der Waals surface area contributed by atoms with Crippen molar-refractivity contribution >= 4 is 17.3 Å². The van der Waals surface area contributed by atoms with Crippen molar-refractivity contribution < 1.29 is 9.47 Å². The quantitative estimate of drug-likeness (QED) is 0.783. The average Bonchev–Trinajstić information content (AvgIpc) is 2.38. The smallest absolute Gasteiger partial charge is 0.167 e. The number of hydrogen-bond acceptors (Lipinski definition) is 3. The normalized spacial score (nSPS) is 13.5. The number of methoxy groups -OCH3 is 2. The Kier molecular flexibility index (Phi) is 6.59. The molecule has 0 saturated carbocycles. The second kappa shape index (κ2) is 7.96. The molecular weight excluding hydrogens is 260 g/mol. The van der Waals surface area contributed by atoms with Crippen LogP contribution in [0.2, 0.25) is 0 Å². The Morgan fingerprint density at radius 1 is 1.16 bits per heavy atom. The average molecular weight is 282 g/mol. The van der Waals surface area contributed by atoms with Crippen molar-refractivity contribution in [2.45, 2.75) is 25.9 Å². The summed E-state index contributed by atoms with van der Waals surface area (Å²) in [5.41, 5.74) is 1.16. The first-order valence-electron chi connectivity index (χ1n) is 6.26. The van der Waals surface area contributed by atoms with Crippen LogP contribution in [0.4, 0.5) is 0 Å². The van der Waals surface area contributed by atoms with E-state index in [0.717, 1.165) is 11.3 Å². The van der Waals surface area contributed by atoms with Gasteiger partial charge < -0.3 is 20.1 Å². The zero-order chi connectivity index (χ0) is 14.3. The van der Waals surface area contributed by atoms with E-state index in [-0.39, 0.29) is 12.1 Å². The van der Waals surface area contributed by atoms with E-state index in [2.05, 4.69) is 17.6 Å². The van der Waals surface area contributed by atoms with Crippen LogP contribution in [0.3, 0.4) is 0 Å². The van der Waals surface area contributed by atoms with Crippen molar-refractivity contribution in [1.82, 2.24) is 10.6 Å². The van der Waals surface area contributed by atoms with Gasteiger partial charge in [-0.15, -0.1) is 0 Å². The van der Waals surface area contributed by atoms with Gasteiger partial charge in [0.2, 0.25) is 0 Å². The molecule has 0 bridgehead atoms. The highest BCUT2D eigenvalue weighted by Gasteiger charge is 2.09. The van der Waals surface area contributed by atoms with Crippen molar-refractivity contribution in [2.75, 3.05) is 20.8 Å². The van der Waals surface area contributed by atoms with Crippen molar-refractivity contribution in [3.63, 3.8) is 0 Å². The van der Waals surface area contributed by atoms with Crippen molar-refractivity contribution in [3.8, 4) is 5.75 Å². The van der Waals surface area contributed by atoms with Crippen LogP contribution in [0, 0.1) is 0 Å². The number of nitrogens with one attached hydrogen (secondary N) is 2. The summed E-state index contributed by atoms with van der Waals surface area (Å²) in [7, 11) is 3.33. The van der Waals surface area contributed by atoms with Crippen LogP contribution in [-0.4, -0.2) is 32.0 Å². The topological polar surface area (TPSA) is 42.5 Å². The molecule has 2 atom stereocenters. The molecule has 0 aliphatic heterocycles. The Morgan fingerprint density at radius 3 is 2.32 bits per heavy atom. The lowest BCUT2D eigenvalue weighted by Gasteiger charge is -2.20. The maximum atomic E-state index is 5.27. The molecular formula is C14H22N2O2S. The third-order valence-corrected chi connectivity index (χ3v) is 2.99. The summed E-state index contributed by atoms with van der Waals surface area (Å²) in [5.74, 6) is 0.852. The van der Waals surface area contributed by atoms with E-state index in [4.69, 9.17) is 21.7 Å². The molecule has 0 spiro atoms. The zero-order valence-corrected chi connectivity index (χ0v) is 12.7. The second-order valence-corrected chi connectivity index (χ2v) is 4.88. The molecule has 1 aromatic carbocycles. The molecule has 106 valence electrons. The highest BCUT2D eigenvalue weighted by molar-refractivity contribution is 7.80. The van der Waals surface area contributed by atoms with Gasteiger partial charge in [-0.1, -0.05) is 12.1 Å². The lowest BCUT2D eigenvalue weighted by Crippen LogP contribution is -2.43. The van der Waals surface area contributed by atoms with E-state index in [1.807, 2.05) is 31.2 Å². The molecule has 4 nitrogen and oxygen atoms in total. The molecule has 0 heterocycles. The fourth-order valence-electron chi connectivity index (χ4n) is 1.73. The molecule has 2 unspecified atom stereocenters. The second-order valence-electron chi connectivity index (χ2n) is 4.47. The minimum atomic E-state index is 0.139. The number of hydrogen-bond donors (Lipinski definition) is 2. The summed E-state index contributed by atoms with van der Waals surface area (Å²) in [5, 5.41) is 7.05. The minimum absolute atomic E-state index is 0.139. The van der Waals surface area contributed by atoms with Crippen molar-refractivity contribution in [2.24, 2.45) is 0 Å². The Hall–Kier alpha value is -1.33. The van der Waals surface area contributed by atoms with Crippen LogP contribution < -0.4 is 15.4 Å². The maximum absolute atomic E-state index is 5.27. The minimum Gasteiger partial charge on any atom is -0.497 e. The Labute approximate surface area is 120 Å². The highest BCUT2D eigenvalue weighted by Crippen LogP contribution is 2.17. The zero-order valence-electron chi connectivity index (χ0n) is 11.9. The van der Waals surface area contributed by atoms with Crippen LogP contribution in [0.1, 0.15) is 25.5 Å². The van der Waals surface area contributed by atoms with E-state index >= 15 is 0 Å². The van der Waals surface area contributed by atoms with Crippen LogP contribution in [0.5, 0.6) is 5.75 Å². The van der Waals surface area contributed by atoms with Gasteiger partial charge in [-0.25, -0.2) is 0 Å². The molecule has 1 rings (SSSR count). The monoisotopic (exact) mass is 282 g/mol. The fourth-order valence-corrected chi connectivity index (χ4v) is 2.11. The van der Waals surface area contributed by atoms with Gasteiger partial charge in [-0.3, -0.25) is 0 Å². The Balaban J connectivity index is 2.48. The third-order valence-electron chi connectivity index (χ3n) is 2.76. The van der Waals surface area contributed by atoms with Gasteiger partial charge >= 0.3 is 0 Å². The standard InChI is InChI=1S/C14H22N2O2S/c1-10(9-17-3)15-14(19)16-11(2)12-5-7-13(18-4)8-6-12/h5-8,10-11H,9H2,1-4H3,(H2,15,16,19). The van der Waals surface area contributed by atoms with Gasteiger partial charge in [0.25, 0.3) is 0 Å². The SMILES string of the molecule is COCC(C)NC(=S)NC(C)c1ccc(OC)cc1. The molecule has 0 aromatic heterocycles. The number of thiocarbonyl (C=S) groups is 1. The first-order valence-corrected chi connectivity index (χ1v) is 6.67. The number of benzene rings is 1. The first-order chi connectivity index (χ1) is 9.06. The molecule has 5 heteroatoms. The molecule has 0 saturated heterocycles. The lowest BCUT2D eigenvalue weighted by molar-refractivity contribution is 0.179. The third kappa shape index (κ3) is 5.44. The summed E-state index contributed by atoms with van der Waals surface area (Å²) >= 11 is 5.27. The van der Waals surface area contributed by atoms with Gasteiger partial charge in [0.15, 0.2) is 5.11 Å². The Morgan fingerprint density at radius 2 is 1.79 bits per heavy atom. The molecule has 0 aliphatic carbocycles. The predicted octanol–water partition coefficient (Wildman–Crippen LogP) is 2.26. The van der Waals surface area contributed by atoms with E-state index in [0.29, 0.717) is 11.7 Å². The van der Waals surface area contributed by atoms with Gasteiger partial charge in [-0.05, 0) is 43.8 Å². The van der Waals surface area contributed by atoms with Crippen LogP contribution in [-0.2, 0) is 4.74 Å². The van der Waals surface area contributed by atoms with Gasteiger partial charge in [0.05, 0.1) is 19.8 Å². The van der Waals surface area contributed by atoms with E-state index in [1.165, 1.54) is 0 Å². The molecule has 19 heavy (non-hydrogen) atoms. The van der Waals surface area contributed by atoms with Crippen molar-refractivity contribution in [3.05, 3.63) is 29.8 Å². The first kappa shape index (κ1) is 15.7. The predicted molar refractivity (Wildman–Crippen MR) is 81.6 cm³/mol. The van der Waals surface area contributed by atoms with E-state index in [9.17, 15) is 0 Å². The molecule has 0 amide bonds. The van der Waals surface area contributed by atoms with Gasteiger partial charge in [0, 0.05) is 13.2 Å². The number of rotatable bonds is 6. The van der Waals surface area contributed by atoms with Crippen LogP contribution in [0.25, 0.3) is 0 Å². The molecule has 0 aliphatic rings. The van der Waals surface area contributed by atoms with Crippen LogP contribution in [0.15, 0.2) is 24.3 Å². The number of ether oxygens (including phenoxy) is 2. The van der Waals surface area contributed by atoms with E-state index < -0.39 is 0 Å². The fraction of sp³-hybridized carbons (Fsp3) is 0.500. The highest BCUT2D eigenvalue weighted by atomic mass is 32.1. The lowest BCUT2D eigenvalue weighted by atomic mass is 10.1. The van der Waals surface area contributed by atoms with E-state index in [1.54, 1.807) is 14.2 Å². The summed E-state index contributed by atoms with van der Waals surface area (Å²) < 4.78 is 10.2. The van der Waals surface area contributed by atoms with Gasteiger partial charge in [0.1, 0.15) is 5.75 Å². The van der Waals surface area contributed by atoms with Crippen LogP contribution >= 0.6 is 12.2 Å². The summed E-state index contributed by atoms with van der Waals surface area (Å²) in [6.07, 6.45) is 0. The van der Waals surface area contributed by atoms with Crippen molar-refractivity contribution in [1.29, 1.82) is 0 Å². The largest absolute Gasteiger partial charge is 0.497 e. The molecule has 0 radical (unpaired) electrons. The molecule has 0 fully saturated rings. The summed E-state index contributed by atoms with van der Waals surface area (Å²) in [4.78, 5) is 0. The molecule has 1 aromatic rings. The molecule has 2 N–H and O–H groups in total. The van der Waals surface area contributed by atoms with Gasteiger partial charge in [-0.2, -0.15) is 0 Å². The Bertz CT molecular complexity index is 395. The maximum Gasteiger partial charge on any atom is 0.167 e.